The fourth-order valence-corrected chi connectivity index (χ4v) is 3.88. The Morgan fingerprint density at radius 1 is 0.439 bits per heavy atom. The molecule has 0 aliphatic heterocycles. The van der Waals surface area contributed by atoms with E-state index in [1.165, 1.54) is 0 Å². The van der Waals surface area contributed by atoms with Gasteiger partial charge in [-0.25, -0.2) is 0 Å². The van der Waals surface area contributed by atoms with Crippen molar-refractivity contribution in [3.05, 3.63) is 119 Å². The third kappa shape index (κ3) is 10.0. The van der Waals surface area contributed by atoms with Crippen LogP contribution in [0.5, 0.6) is 23.0 Å². The number of hydrogen-bond acceptors (Lipinski definition) is 3. The molecule has 212 valence electrons. The number of ether oxygens (including phenoxy) is 3. The lowest BCUT2D eigenvalue weighted by Crippen LogP contribution is -2.06. The Kier molecular flexibility index (Phi) is 11.3. The van der Waals surface area contributed by atoms with Crippen LogP contribution in [-0.4, -0.2) is 13.2 Å². The van der Waals surface area contributed by atoms with Crippen LogP contribution in [0, 0.1) is 11.8 Å². The third-order valence-electron chi connectivity index (χ3n) is 7.16. The van der Waals surface area contributed by atoms with Gasteiger partial charge in [-0.15, -0.1) is 0 Å². The predicted octanol–water partition coefficient (Wildman–Crippen LogP) is 10.7. The van der Waals surface area contributed by atoms with Gasteiger partial charge in [0.25, 0.3) is 0 Å². The Morgan fingerprint density at radius 3 is 0.976 bits per heavy atom. The van der Waals surface area contributed by atoms with Crippen LogP contribution < -0.4 is 14.2 Å². The van der Waals surface area contributed by atoms with Crippen molar-refractivity contribution in [1.82, 2.24) is 0 Å². The van der Waals surface area contributed by atoms with Crippen molar-refractivity contribution in [2.45, 2.75) is 40.5 Å². The number of benzene rings is 4. The SMILES string of the molecule is CCC(C)COc1ccc(C=Cc2ccc(Oc3ccc(C=Cc4ccc(OCC(C)CC)cc4)cc3)cc2)cc1. The number of rotatable bonds is 14. The highest BCUT2D eigenvalue weighted by atomic mass is 16.5. The molecule has 4 aromatic carbocycles. The minimum atomic E-state index is 0.567. The molecule has 0 saturated heterocycles. The lowest BCUT2D eigenvalue weighted by molar-refractivity contribution is 0.256. The molecule has 3 heteroatoms. The Hall–Kier alpha value is -4.24. The van der Waals surface area contributed by atoms with E-state index in [2.05, 4.69) is 101 Å². The van der Waals surface area contributed by atoms with E-state index in [0.29, 0.717) is 11.8 Å². The summed E-state index contributed by atoms with van der Waals surface area (Å²) >= 11 is 0. The van der Waals surface area contributed by atoms with Gasteiger partial charge in [0.05, 0.1) is 13.2 Å². The van der Waals surface area contributed by atoms with Crippen LogP contribution >= 0.6 is 0 Å². The van der Waals surface area contributed by atoms with E-state index in [1.807, 2.05) is 48.5 Å². The largest absolute Gasteiger partial charge is 0.493 e. The summed E-state index contributed by atoms with van der Waals surface area (Å²) in [6, 6.07) is 32.7. The van der Waals surface area contributed by atoms with Crippen molar-refractivity contribution in [3.8, 4) is 23.0 Å². The molecule has 0 aromatic heterocycles. The Labute approximate surface area is 246 Å². The standard InChI is InChI=1S/C38H42O3/c1-5-29(3)27-39-35-19-11-31(12-20-35)7-9-33-15-23-37(24-16-33)41-38-25-17-34(18-26-38)10-8-32-13-21-36(22-14-32)40-28-30(4)6-2/h7-26,29-30H,5-6,27-28H2,1-4H3. The fourth-order valence-electron chi connectivity index (χ4n) is 3.88. The summed E-state index contributed by atoms with van der Waals surface area (Å²) in [4.78, 5) is 0. The van der Waals surface area contributed by atoms with Crippen molar-refractivity contribution in [2.24, 2.45) is 11.8 Å². The van der Waals surface area contributed by atoms with Gasteiger partial charge in [0.1, 0.15) is 23.0 Å². The van der Waals surface area contributed by atoms with Crippen LogP contribution in [0.1, 0.15) is 62.8 Å². The maximum atomic E-state index is 6.06. The first-order valence-corrected chi connectivity index (χ1v) is 14.7. The summed E-state index contributed by atoms with van der Waals surface area (Å²) in [6.45, 7) is 10.3. The first kappa shape index (κ1) is 29.7. The van der Waals surface area contributed by atoms with Crippen molar-refractivity contribution in [2.75, 3.05) is 13.2 Å². The molecule has 0 spiro atoms. The highest BCUT2D eigenvalue weighted by Crippen LogP contribution is 2.24. The van der Waals surface area contributed by atoms with Gasteiger partial charge in [-0.2, -0.15) is 0 Å². The summed E-state index contributed by atoms with van der Waals surface area (Å²) in [7, 11) is 0. The zero-order valence-electron chi connectivity index (χ0n) is 24.8. The summed E-state index contributed by atoms with van der Waals surface area (Å²) < 4.78 is 17.8. The average molecular weight is 547 g/mol. The Balaban J connectivity index is 1.25. The van der Waals surface area contributed by atoms with Crippen LogP contribution in [0.3, 0.4) is 0 Å². The van der Waals surface area contributed by atoms with E-state index >= 15 is 0 Å². The molecule has 0 aliphatic carbocycles. The Morgan fingerprint density at radius 2 is 0.707 bits per heavy atom. The second-order valence-corrected chi connectivity index (χ2v) is 10.7. The molecule has 3 nitrogen and oxygen atoms in total. The van der Waals surface area contributed by atoms with Gasteiger partial charge in [-0.1, -0.05) is 113 Å². The normalized spacial score (nSPS) is 12.9. The van der Waals surface area contributed by atoms with Gasteiger partial charge in [-0.05, 0) is 82.6 Å². The lowest BCUT2D eigenvalue weighted by Gasteiger charge is -2.10. The second-order valence-electron chi connectivity index (χ2n) is 10.7. The zero-order chi connectivity index (χ0) is 28.9. The monoisotopic (exact) mass is 546 g/mol. The molecular weight excluding hydrogens is 504 g/mol. The summed E-state index contributed by atoms with van der Waals surface area (Å²) in [5, 5.41) is 0. The highest BCUT2D eigenvalue weighted by Gasteiger charge is 2.02. The minimum Gasteiger partial charge on any atom is -0.493 e. The zero-order valence-corrected chi connectivity index (χ0v) is 24.8. The van der Waals surface area contributed by atoms with E-state index in [-0.39, 0.29) is 0 Å². The molecule has 0 fully saturated rings. The molecule has 0 saturated carbocycles. The molecular formula is C38H42O3. The molecule has 4 rings (SSSR count). The molecule has 2 atom stereocenters. The van der Waals surface area contributed by atoms with E-state index in [9.17, 15) is 0 Å². The van der Waals surface area contributed by atoms with Crippen LogP contribution in [0.2, 0.25) is 0 Å². The van der Waals surface area contributed by atoms with Gasteiger partial charge >= 0.3 is 0 Å². The van der Waals surface area contributed by atoms with Crippen LogP contribution in [-0.2, 0) is 0 Å². The maximum absolute atomic E-state index is 6.06. The van der Waals surface area contributed by atoms with Crippen molar-refractivity contribution in [3.63, 3.8) is 0 Å². The van der Waals surface area contributed by atoms with Crippen molar-refractivity contribution >= 4 is 24.3 Å². The maximum Gasteiger partial charge on any atom is 0.127 e. The lowest BCUT2D eigenvalue weighted by atomic mass is 10.1. The highest BCUT2D eigenvalue weighted by molar-refractivity contribution is 5.71. The van der Waals surface area contributed by atoms with Gasteiger partial charge in [-0.3, -0.25) is 0 Å². The van der Waals surface area contributed by atoms with Gasteiger partial charge in [0.2, 0.25) is 0 Å². The predicted molar refractivity (Wildman–Crippen MR) is 174 cm³/mol. The molecule has 0 radical (unpaired) electrons. The van der Waals surface area contributed by atoms with E-state index < -0.39 is 0 Å². The first-order chi connectivity index (χ1) is 20.0. The van der Waals surface area contributed by atoms with Gasteiger partial charge < -0.3 is 14.2 Å². The van der Waals surface area contributed by atoms with E-state index in [4.69, 9.17) is 14.2 Å². The van der Waals surface area contributed by atoms with Crippen LogP contribution in [0.15, 0.2) is 97.1 Å². The molecule has 0 aliphatic rings. The molecule has 0 bridgehead atoms. The average Bonchev–Trinajstić information content (AvgIpc) is 3.02. The quantitative estimate of drug-likeness (QED) is 0.147. The summed E-state index contributed by atoms with van der Waals surface area (Å²) in [5.41, 5.74) is 4.51. The molecule has 0 heterocycles. The molecule has 2 unspecified atom stereocenters. The molecule has 41 heavy (non-hydrogen) atoms. The smallest absolute Gasteiger partial charge is 0.127 e. The van der Waals surface area contributed by atoms with Crippen molar-refractivity contribution < 1.29 is 14.2 Å². The van der Waals surface area contributed by atoms with Crippen LogP contribution in [0.4, 0.5) is 0 Å². The van der Waals surface area contributed by atoms with E-state index in [1.54, 1.807) is 0 Å². The van der Waals surface area contributed by atoms with Gasteiger partial charge in [0, 0.05) is 0 Å². The molecule has 0 amide bonds. The molecule has 0 N–H and O–H groups in total. The minimum absolute atomic E-state index is 0.567. The summed E-state index contributed by atoms with van der Waals surface area (Å²) in [5.74, 6) is 4.59. The molecule has 4 aromatic rings. The Bertz CT molecular complexity index is 1260. The fraction of sp³-hybridized carbons (Fsp3) is 0.263. The number of hydrogen-bond donors (Lipinski definition) is 0. The van der Waals surface area contributed by atoms with Crippen molar-refractivity contribution in [1.29, 1.82) is 0 Å². The second kappa shape index (κ2) is 15.5. The third-order valence-corrected chi connectivity index (χ3v) is 7.16. The van der Waals surface area contributed by atoms with Gasteiger partial charge in [0.15, 0.2) is 0 Å². The first-order valence-electron chi connectivity index (χ1n) is 14.7. The van der Waals surface area contributed by atoms with Crippen LogP contribution in [0.25, 0.3) is 24.3 Å². The summed E-state index contributed by atoms with van der Waals surface area (Å²) in [6.07, 6.45) is 10.7. The van der Waals surface area contributed by atoms with E-state index in [0.717, 1.165) is 71.3 Å². The topological polar surface area (TPSA) is 27.7 Å².